The van der Waals surface area contributed by atoms with Crippen LogP contribution in [0.5, 0.6) is 0 Å². The highest BCUT2D eigenvalue weighted by Gasteiger charge is 2.39. The molecule has 2 atom stereocenters. The molecule has 1 aliphatic rings. The maximum absolute atomic E-state index is 10.4. The van der Waals surface area contributed by atoms with Gasteiger partial charge in [0.1, 0.15) is 0 Å². The van der Waals surface area contributed by atoms with Gasteiger partial charge in [0, 0.05) is 25.8 Å². The molecule has 0 aromatic heterocycles. The fraction of sp³-hybridized carbons (Fsp3) is 0.600. The van der Waals surface area contributed by atoms with Crippen LogP contribution in [0.1, 0.15) is 25.7 Å². The van der Waals surface area contributed by atoms with Crippen LogP contribution in [-0.2, 0) is 0 Å². The molecule has 1 aromatic carbocycles. The van der Waals surface area contributed by atoms with E-state index >= 15 is 0 Å². The van der Waals surface area contributed by atoms with E-state index in [-0.39, 0.29) is 0 Å². The second-order valence-electron chi connectivity index (χ2n) is 5.44. The minimum atomic E-state index is -0.614. The maximum atomic E-state index is 10.4. The minimum Gasteiger partial charge on any atom is -0.388 e. The molecule has 2 unspecified atom stereocenters. The fourth-order valence-electron chi connectivity index (χ4n) is 2.97. The van der Waals surface area contributed by atoms with Crippen molar-refractivity contribution in [3.8, 4) is 0 Å². The summed E-state index contributed by atoms with van der Waals surface area (Å²) in [5.74, 6) is 0.355. The number of hydrogen-bond donors (Lipinski definition) is 2. The monoisotopic (exact) mass is 248 g/mol. The van der Waals surface area contributed by atoms with E-state index in [4.69, 9.17) is 5.73 Å². The third-order valence-corrected chi connectivity index (χ3v) is 4.29. The Hall–Kier alpha value is -1.06. The van der Waals surface area contributed by atoms with Gasteiger partial charge in [-0.2, -0.15) is 0 Å². The first-order valence-corrected chi connectivity index (χ1v) is 6.84. The summed E-state index contributed by atoms with van der Waals surface area (Å²) in [5.41, 5.74) is 6.33. The number of benzene rings is 1. The molecule has 1 fully saturated rings. The number of rotatable bonds is 5. The summed E-state index contributed by atoms with van der Waals surface area (Å²) in [6.07, 6.45) is 4.09. The molecule has 2 rings (SSSR count). The lowest BCUT2D eigenvalue weighted by atomic mass is 9.88. The van der Waals surface area contributed by atoms with Gasteiger partial charge in [-0.1, -0.05) is 24.6 Å². The zero-order valence-corrected chi connectivity index (χ0v) is 11.2. The first-order chi connectivity index (χ1) is 8.65. The van der Waals surface area contributed by atoms with Crippen molar-refractivity contribution in [2.45, 2.75) is 31.3 Å². The van der Waals surface area contributed by atoms with Gasteiger partial charge in [0.05, 0.1) is 5.60 Å². The second kappa shape index (κ2) is 5.72. The highest BCUT2D eigenvalue weighted by atomic mass is 16.3. The van der Waals surface area contributed by atoms with E-state index in [1.54, 1.807) is 0 Å². The van der Waals surface area contributed by atoms with Gasteiger partial charge in [0.15, 0.2) is 0 Å². The van der Waals surface area contributed by atoms with E-state index in [0.717, 1.165) is 32.2 Å². The number of aliphatic hydroxyl groups is 1. The van der Waals surface area contributed by atoms with Crippen LogP contribution in [0.2, 0.25) is 0 Å². The van der Waals surface area contributed by atoms with Crippen molar-refractivity contribution in [2.75, 3.05) is 25.0 Å². The SMILES string of the molecule is CN(CCC1CCCC1(O)CN)c1ccccc1. The quantitative estimate of drug-likeness (QED) is 0.838. The second-order valence-corrected chi connectivity index (χ2v) is 5.44. The molecule has 0 saturated heterocycles. The Labute approximate surface area is 110 Å². The third-order valence-electron chi connectivity index (χ3n) is 4.29. The molecule has 0 heterocycles. The van der Waals surface area contributed by atoms with Crippen LogP contribution in [-0.4, -0.2) is 30.8 Å². The van der Waals surface area contributed by atoms with Gasteiger partial charge in [0.25, 0.3) is 0 Å². The Balaban J connectivity index is 1.88. The first-order valence-electron chi connectivity index (χ1n) is 6.84. The van der Waals surface area contributed by atoms with E-state index in [1.807, 2.05) is 6.07 Å². The Kier molecular flexibility index (Phi) is 4.25. The van der Waals surface area contributed by atoms with Crippen molar-refractivity contribution in [3.05, 3.63) is 30.3 Å². The number of nitrogens with zero attached hydrogens (tertiary/aromatic N) is 1. The average molecular weight is 248 g/mol. The summed E-state index contributed by atoms with van der Waals surface area (Å²) in [6, 6.07) is 10.4. The fourth-order valence-corrected chi connectivity index (χ4v) is 2.97. The number of para-hydroxylation sites is 1. The summed E-state index contributed by atoms with van der Waals surface area (Å²) in [5, 5.41) is 10.4. The zero-order chi connectivity index (χ0) is 13.0. The van der Waals surface area contributed by atoms with Crippen LogP contribution in [0.15, 0.2) is 30.3 Å². The summed E-state index contributed by atoms with van der Waals surface area (Å²) in [7, 11) is 2.10. The van der Waals surface area contributed by atoms with Gasteiger partial charge >= 0.3 is 0 Å². The predicted molar refractivity (Wildman–Crippen MR) is 75.7 cm³/mol. The lowest BCUT2D eigenvalue weighted by Gasteiger charge is -2.30. The molecule has 0 aliphatic heterocycles. The number of nitrogens with two attached hydrogens (primary N) is 1. The van der Waals surface area contributed by atoms with Crippen LogP contribution < -0.4 is 10.6 Å². The Morgan fingerprint density at radius 2 is 2.11 bits per heavy atom. The molecule has 3 nitrogen and oxygen atoms in total. The molecule has 0 amide bonds. The van der Waals surface area contributed by atoms with Crippen molar-refractivity contribution >= 4 is 5.69 Å². The molecule has 0 bridgehead atoms. The van der Waals surface area contributed by atoms with E-state index in [0.29, 0.717) is 12.5 Å². The summed E-state index contributed by atoms with van der Waals surface area (Å²) < 4.78 is 0. The number of anilines is 1. The van der Waals surface area contributed by atoms with Gasteiger partial charge in [-0.25, -0.2) is 0 Å². The average Bonchev–Trinajstić information content (AvgIpc) is 2.79. The van der Waals surface area contributed by atoms with Gasteiger partial charge in [-0.3, -0.25) is 0 Å². The Morgan fingerprint density at radius 3 is 2.78 bits per heavy atom. The molecule has 3 heteroatoms. The predicted octanol–water partition coefficient (Wildman–Crippen LogP) is 2.00. The van der Waals surface area contributed by atoms with Crippen molar-refractivity contribution in [1.82, 2.24) is 0 Å². The van der Waals surface area contributed by atoms with E-state index in [1.165, 1.54) is 5.69 Å². The van der Waals surface area contributed by atoms with Gasteiger partial charge in [0.2, 0.25) is 0 Å². The summed E-state index contributed by atoms with van der Waals surface area (Å²) in [4.78, 5) is 2.25. The van der Waals surface area contributed by atoms with Crippen LogP contribution >= 0.6 is 0 Å². The molecule has 0 radical (unpaired) electrons. The van der Waals surface area contributed by atoms with Gasteiger partial charge in [-0.05, 0) is 37.3 Å². The van der Waals surface area contributed by atoms with Gasteiger partial charge in [-0.15, -0.1) is 0 Å². The minimum absolute atomic E-state index is 0.355. The van der Waals surface area contributed by atoms with Crippen LogP contribution in [0.25, 0.3) is 0 Å². The van der Waals surface area contributed by atoms with Crippen molar-refractivity contribution < 1.29 is 5.11 Å². The molecular formula is C15H24N2O. The topological polar surface area (TPSA) is 49.5 Å². The molecule has 1 saturated carbocycles. The normalized spacial score (nSPS) is 27.4. The highest BCUT2D eigenvalue weighted by molar-refractivity contribution is 5.44. The first kappa shape index (κ1) is 13.4. The largest absolute Gasteiger partial charge is 0.388 e. The molecule has 100 valence electrons. The van der Waals surface area contributed by atoms with E-state index in [9.17, 15) is 5.11 Å². The number of hydrogen-bond acceptors (Lipinski definition) is 3. The lowest BCUT2D eigenvalue weighted by Crippen LogP contribution is -2.42. The summed E-state index contributed by atoms with van der Waals surface area (Å²) >= 11 is 0. The standard InChI is InChI=1S/C15H24N2O/c1-17(14-7-3-2-4-8-14)11-9-13-6-5-10-15(13,18)12-16/h2-4,7-8,13,18H,5-6,9-12,16H2,1H3. The third kappa shape index (κ3) is 2.85. The Bertz CT molecular complexity index is 368. The van der Waals surface area contributed by atoms with Crippen LogP contribution in [0.4, 0.5) is 5.69 Å². The van der Waals surface area contributed by atoms with Crippen LogP contribution in [0.3, 0.4) is 0 Å². The highest BCUT2D eigenvalue weighted by Crippen LogP contribution is 2.37. The molecule has 1 aliphatic carbocycles. The van der Waals surface area contributed by atoms with E-state index < -0.39 is 5.60 Å². The van der Waals surface area contributed by atoms with Crippen molar-refractivity contribution in [2.24, 2.45) is 11.7 Å². The molecule has 0 spiro atoms. The molecule has 18 heavy (non-hydrogen) atoms. The maximum Gasteiger partial charge on any atom is 0.0798 e. The molecule has 3 N–H and O–H groups in total. The Morgan fingerprint density at radius 1 is 1.39 bits per heavy atom. The molecule has 1 aromatic rings. The molecular weight excluding hydrogens is 224 g/mol. The van der Waals surface area contributed by atoms with Crippen LogP contribution in [0, 0.1) is 5.92 Å². The van der Waals surface area contributed by atoms with Crippen molar-refractivity contribution in [1.29, 1.82) is 0 Å². The van der Waals surface area contributed by atoms with E-state index in [2.05, 4.69) is 36.2 Å². The summed E-state index contributed by atoms with van der Waals surface area (Å²) in [6.45, 7) is 1.36. The van der Waals surface area contributed by atoms with Crippen molar-refractivity contribution in [3.63, 3.8) is 0 Å². The smallest absolute Gasteiger partial charge is 0.0798 e. The zero-order valence-electron chi connectivity index (χ0n) is 11.2. The van der Waals surface area contributed by atoms with Gasteiger partial charge < -0.3 is 15.7 Å². The lowest BCUT2D eigenvalue weighted by molar-refractivity contribution is 0.00896.